The number of nitrogens with zero attached hydrogens (tertiary/aromatic N) is 3. The van der Waals surface area contributed by atoms with Crippen LogP contribution in [0.4, 0.5) is 10.1 Å². The molecule has 1 saturated heterocycles. The number of rotatable bonds is 6. The van der Waals surface area contributed by atoms with Gasteiger partial charge in [-0.05, 0) is 37.1 Å². The van der Waals surface area contributed by atoms with Crippen LogP contribution >= 0.6 is 0 Å². The molecule has 1 aliphatic heterocycles. The summed E-state index contributed by atoms with van der Waals surface area (Å²) in [4.78, 5) is 40.4. The van der Waals surface area contributed by atoms with Crippen molar-refractivity contribution in [3.8, 4) is 5.75 Å². The maximum Gasteiger partial charge on any atom is 0.341 e. The van der Waals surface area contributed by atoms with Crippen LogP contribution in [0.15, 0.2) is 47.4 Å². The smallest absolute Gasteiger partial charge is 0.341 e. The van der Waals surface area contributed by atoms with Crippen LogP contribution in [0.2, 0.25) is 0 Å². The molecule has 3 aromatic rings. The normalized spacial score (nSPS) is 16.4. The van der Waals surface area contributed by atoms with Gasteiger partial charge in [-0.3, -0.25) is 14.5 Å². The van der Waals surface area contributed by atoms with Crippen molar-refractivity contribution >= 4 is 28.5 Å². The van der Waals surface area contributed by atoms with Crippen LogP contribution in [0.5, 0.6) is 5.75 Å². The largest absolute Gasteiger partial charge is 0.507 e. The van der Waals surface area contributed by atoms with Crippen molar-refractivity contribution in [2.45, 2.75) is 18.9 Å². The number of aromatic hydroxyl groups is 1. The first-order chi connectivity index (χ1) is 16.8. The summed E-state index contributed by atoms with van der Waals surface area (Å²) in [6, 6.07) is 9.23. The van der Waals surface area contributed by atoms with Gasteiger partial charge in [0.2, 0.25) is 5.43 Å². The topological polar surface area (TPSA) is 115 Å². The molecule has 182 valence electrons. The van der Waals surface area contributed by atoms with Crippen LogP contribution < -0.4 is 15.6 Å². The summed E-state index contributed by atoms with van der Waals surface area (Å²) < 4.78 is 16.9. The molecule has 2 heterocycles. The number of aromatic carboxylic acids is 1. The predicted octanol–water partition coefficient (Wildman–Crippen LogP) is 2.39. The first-order valence-electron chi connectivity index (χ1n) is 11.5. The zero-order valence-electron chi connectivity index (χ0n) is 18.9. The van der Waals surface area contributed by atoms with Crippen molar-refractivity contribution in [2.24, 2.45) is 0 Å². The highest BCUT2D eigenvalue weighted by Gasteiger charge is 2.28. The Hall–Kier alpha value is -3.92. The minimum absolute atomic E-state index is 0.0727. The number of phenols is 1. The number of para-hydroxylation sites is 1. The standard InChI is InChI=1S/C25H25FN4O5/c26-19-11-17-20(30(15-5-6-15)13-18(23(17)32)25(34)35)12-21(19)29-9-7-28(8-10-29)14-27-24(33)16-3-1-2-4-22(16)31/h1-4,11-13,15,31H,5-10,14H2,(H,27,33)(H,34,35). The molecule has 10 heteroatoms. The molecule has 1 aliphatic carbocycles. The molecule has 5 rings (SSSR count). The fourth-order valence-corrected chi connectivity index (χ4v) is 4.50. The number of nitrogens with one attached hydrogen (secondary N) is 1. The molecule has 35 heavy (non-hydrogen) atoms. The number of hydrogen-bond donors (Lipinski definition) is 3. The van der Waals surface area contributed by atoms with Crippen molar-refractivity contribution in [2.75, 3.05) is 37.7 Å². The number of carboxylic acid groups (broad SMARTS) is 1. The van der Waals surface area contributed by atoms with Crippen molar-refractivity contribution in [3.63, 3.8) is 0 Å². The SMILES string of the molecule is O=C(NCN1CCN(c2cc3c(cc2F)c(=O)c(C(=O)O)cn3C2CC2)CC1)c1ccccc1O. The molecule has 0 radical (unpaired) electrons. The minimum atomic E-state index is -1.32. The van der Waals surface area contributed by atoms with E-state index in [-0.39, 0.29) is 34.2 Å². The van der Waals surface area contributed by atoms with Gasteiger partial charge in [0.1, 0.15) is 17.1 Å². The van der Waals surface area contributed by atoms with Crippen molar-refractivity contribution < 1.29 is 24.2 Å². The van der Waals surface area contributed by atoms with Gasteiger partial charge in [-0.2, -0.15) is 0 Å². The van der Waals surface area contributed by atoms with E-state index in [4.69, 9.17) is 0 Å². The number of fused-ring (bicyclic) bond motifs is 1. The summed E-state index contributed by atoms with van der Waals surface area (Å²) in [5.74, 6) is -2.34. The number of carbonyl (C=O) groups is 2. The highest BCUT2D eigenvalue weighted by Crippen LogP contribution is 2.38. The van der Waals surface area contributed by atoms with E-state index in [0.717, 1.165) is 18.9 Å². The third kappa shape index (κ3) is 4.44. The Morgan fingerprint density at radius 1 is 1.06 bits per heavy atom. The summed E-state index contributed by atoms with van der Waals surface area (Å²) in [6.45, 7) is 2.46. The van der Waals surface area contributed by atoms with E-state index < -0.39 is 17.2 Å². The molecule has 1 saturated carbocycles. The van der Waals surface area contributed by atoms with E-state index >= 15 is 4.39 Å². The van der Waals surface area contributed by atoms with Crippen LogP contribution in [-0.4, -0.2) is 64.4 Å². The van der Waals surface area contributed by atoms with Crippen LogP contribution in [-0.2, 0) is 0 Å². The quantitative estimate of drug-likeness (QED) is 0.496. The van der Waals surface area contributed by atoms with E-state index in [1.165, 1.54) is 12.3 Å². The lowest BCUT2D eigenvalue weighted by molar-refractivity contribution is 0.0694. The fourth-order valence-electron chi connectivity index (χ4n) is 4.50. The van der Waals surface area contributed by atoms with E-state index in [1.807, 2.05) is 9.80 Å². The van der Waals surface area contributed by atoms with Gasteiger partial charge < -0.3 is 25.0 Å². The molecule has 0 bridgehead atoms. The van der Waals surface area contributed by atoms with Crippen molar-refractivity contribution in [3.05, 3.63) is 69.8 Å². The van der Waals surface area contributed by atoms with E-state index in [9.17, 15) is 24.6 Å². The third-order valence-corrected chi connectivity index (χ3v) is 6.60. The first kappa shape index (κ1) is 22.9. The Morgan fingerprint density at radius 2 is 1.77 bits per heavy atom. The zero-order chi connectivity index (χ0) is 24.7. The average Bonchev–Trinajstić information content (AvgIpc) is 3.69. The molecule has 2 aromatic carbocycles. The summed E-state index contributed by atoms with van der Waals surface area (Å²) >= 11 is 0. The number of aromatic nitrogens is 1. The maximum absolute atomic E-state index is 15.1. The van der Waals surface area contributed by atoms with Gasteiger partial charge in [-0.1, -0.05) is 12.1 Å². The number of anilines is 1. The van der Waals surface area contributed by atoms with Gasteiger partial charge in [-0.25, -0.2) is 9.18 Å². The van der Waals surface area contributed by atoms with Gasteiger partial charge in [0, 0.05) is 43.8 Å². The number of benzene rings is 2. The summed E-state index contributed by atoms with van der Waals surface area (Å²) in [5.41, 5.74) is 0.0802. The number of amides is 1. The van der Waals surface area contributed by atoms with Gasteiger partial charge in [-0.15, -0.1) is 0 Å². The molecule has 1 aromatic heterocycles. The molecular weight excluding hydrogens is 455 g/mol. The second kappa shape index (κ2) is 9.03. The second-order valence-corrected chi connectivity index (χ2v) is 8.92. The molecule has 3 N–H and O–H groups in total. The monoisotopic (exact) mass is 480 g/mol. The number of carbonyl (C=O) groups excluding carboxylic acids is 1. The molecule has 9 nitrogen and oxygen atoms in total. The Morgan fingerprint density at radius 3 is 2.43 bits per heavy atom. The number of halogens is 1. The summed E-state index contributed by atoms with van der Waals surface area (Å²) in [7, 11) is 0. The van der Waals surface area contributed by atoms with Gasteiger partial charge >= 0.3 is 5.97 Å². The molecule has 2 aliphatic rings. The van der Waals surface area contributed by atoms with Crippen molar-refractivity contribution in [1.29, 1.82) is 0 Å². The number of carboxylic acids is 1. The van der Waals surface area contributed by atoms with Crippen LogP contribution in [0.3, 0.4) is 0 Å². The average molecular weight is 480 g/mol. The summed E-state index contributed by atoms with van der Waals surface area (Å²) in [5, 5.41) is 22.1. The van der Waals surface area contributed by atoms with Crippen LogP contribution in [0, 0.1) is 5.82 Å². The first-order valence-corrected chi connectivity index (χ1v) is 11.5. The van der Waals surface area contributed by atoms with Crippen LogP contribution in [0.1, 0.15) is 39.6 Å². The Bertz CT molecular complexity index is 1380. The molecular formula is C25H25FN4O5. The third-order valence-electron chi connectivity index (χ3n) is 6.60. The number of hydrogen-bond acceptors (Lipinski definition) is 6. The molecule has 1 amide bonds. The Balaban J connectivity index is 1.31. The lowest BCUT2D eigenvalue weighted by Gasteiger charge is -2.36. The zero-order valence-corrected chi connectivity index (χ0v) is 18.9. The van der Waals surface area contributed by atoms with E-state index in [1.54, 1.807) is 28.8 Å². The van der Waals surface area contributed by atoms with E-state index in [0.29, 0.717) is 44.1 Å². The highest BCUT2D eigenvalue weighted by molar-refractivity contribution is 5.96. The molecule has 0 spiro atoms. The Kier molecular flexibility index (Phi) is 5.89. The summed E-state index contributed by atoms with van der Waals surface area (Å²) in [6.07, 6.45) is 3.14. The van der Waals surface area contributed by atoms with Crippen molar-refractivity contribution in [1.82, 2.24) is 14.8 Å². The van der Waals surface area contributed by atoms with Gasteiger partial charge in [0.25, 0.3) is 5.91 Å². The molecule has 0 unspecified atom stereocenters. The fraction of sp³-hybridized carbons (Fsp3) is 0.320. The predicted molar refractivity (Wildman–Crippen MR) is 128 cm³/mol. The number of piperazine rings is 1. The second-order valence-electron chi connectivity index (χ2n) is 8.92. The van der Waals surface area contributed by atoms with E-state index in [2.05, 4.69) is 5.32 Å². The highest BCUT2D eigenvalue weighted by atomic mass is 19.1. The minimum Gasteiger partial charge on any atom is -0.507 e. The number of phenolic OH excluding ortho intramolecular Hbond substituents is 1. The maximum atomic E-state index is 15.1. The van der Waals surface area contributed by atoms with Crippen LogP contribution in [0.25, 0.3) is 10.9 Å². The lowest BCUT2D eigenvalue weighted by Crippen LogP contribution is -2.50. The lowest BCUT2D eigenvalue weighted by atomic mass is 10.1. The van der Waals surface area contributed by atoms with Gasteiger partial charge in [0.05, 0.1) is 23.4 Å². The molecule has 2 fully saturated rings. The number of pyridine rings is 1. The van der Waals surface area contributed by atoms with Gasteiger partial charge in [0.15, 0.2) is 0 Å². The molecule has 0 atom stereocenters. The Labute approximate surface area is 200 Å².